The zero-order valence-corrected chi connectivity index (χ0v) is 11.1. The number of anilines is 2. The number of benzene rings is 1. The number of hydrogen-bond acceptors (Lipinski definition) is 4. The van der Waals surface area contributed by atoms with Gasteiger partial charge in [0.1, 0.15) is 5.76 Å². The first-order chi connectivity index (χ1) is 8.69. The van der Waals surface area contributed by atoms with Gasteiger partial charge < -0.3 is 14.6 Å². The van der Waals surface area contributed by atoms with Gasteiger partial charge in [0, 0.05) is 33.3 Å². The number of nitrogens with zero attached hydrogens (tertiary/aromatic N) is 2. The predicted molar refractivity (Wildman–Crippen MR) is 74.2 cm³/mol. The number of oxazole rings is 1. The van der Waals surface area contributed by atoms with Gasteiger partial charge in [0.15, 0.2) is 0 Å². The summed E-state index contributed by atoms with van der Waals surface area (Å²) in [7, 11) is 5.89. The van der Waals surface area contributed by atoms with E-state index >= 15 is 0 Å². The lowest BCUT2D eigenvalue weighted by atomic mass is 10.1. The van der Waals surface area contributed by atoms with Gasteiger partial charge in [-0.15, -0.1) is 0 Å². The molecule has 0 amide bonds. The predicted octanol–water partition coefficient (Wildman–Crippen LogP) is 2.57. The van der Waals surface area contributed by atoms with Crippen LogP contribution >= 0.6 is 0 Å². The highest BCUT2D eigenvalue weighted by molar-refractivity contribution is 5.46. The number of rotatable bonds is 5. The Balaban J connectivity index is 1.93. The van der Waals surface area contributed by atoms with Crippen LogP contribution in [0.15, 0.2) is 34.9 Å². The van der Waals surface area contributed by atoms with Gasteiger partial charge in [-0.3, -0.25) is 0 Å². The molecule has 2 rings (SSSR count). The van der Waals surface area contributed by atoms with Gasteiger partial charge in [-0.1, -0.05) is 12.1 Å². The minimum Gasteiger partial charge on any atom is -0.429 e. The van der Waals surface area contributed by atoms with Gasteiger partial charge >= 0.3 is 0 Å². The first kappa shape index (κ1) is 12.5. The van der Waals surface area contributed by atoms with Crippen molar-refractivity contribution in [2.45, 2.75) is 12.8 Å². The van der Waals surface area contributed by atoms with Gasteiger partial charge in [-0.05, 0) is 24.1 Å². The molecule has 0 radical (unpaired) electrons. The Kier molecular flexibility index (Phi) is 3.87. The van der Waals surface area contributed by atoms with E-state index in [4.69, 9.17) is 4.42 Å². The van der Waals surface area contributed by atoms with Crippen LogP contribution in [0.3, 0.4) is 0 Å². The topological polar surface area (TPSA) is 41.3 Å². The Morgan fingerprint density at radius 2 is 1.89 bits per heavy atom. The van der Waals surface area contributed by atoms with Crippen molar-refractivity contribution in [2.24, 2.45) is 0 Å². The Bertz CT molecular complexity index is 488. The van der Waals surface area contributed by atoms with Crippen LogP contribution < -0.4 is 10.2 Å². The molecule has 0 atom stereocenters. The van der Waals surface area contributed by atoms with E-state index in [0.717, 1.165) is 18.6 Å². The molecule has 0 aliphatic carbocycles. The fraction of sp³-hybridized carbons (Fsp3) is 0.357. The van der Waals surface area contributed by atoms with Crippen molar-refractivity contribution >= 4 is 11.7 Å². The summed E-state index contributed by atoms with van der Waals surface area (Å²) in [6.07, 6.45) is 3.61. The summed E-state index contributed by atoms with van der Waals surface area (Å²) >= 11 is 0. The number of aryl methyl sites for hydroxylation is 2. The summed E-state index contributed by atoms with van der Waals surface area (Å²) in [5.74, 6) is 0.913. The Labute approximate surface area is 108 Å². The van der Waals surface area contributed by atoms with Crippen LogP contribution in [0.1, 0.15) is 11.3 Å². The number of hydrogen-bond donors (Lipinski definition) is 1. The van der Waals surface area contributed by atoms with Crippen LogP contribution in [0.2, 0.25) is 0 Å². The van der Waals surface area contributed by atoms with Gasteiger partial charge in [0.25, 0.3) is 6.01 Å². The van der Waals surface area contributed by atoms with Gasteiger partial charge in [-0.25, -0.2) is 4.98 Å². The Morgan fingerprint density at radius 1 is 1.17 bits per heavy atom. The molecule has 1 N–H and O–H groups in total. The summed E-state index contributed by atoms with van der Waals surface area (Å²) in [6, 6.07) is 9.16. The van der Waals surface area contributed by atoms with Crippen molar-refractivity contribution in [1.29, 1.82) is 0 Å². The quantitative estimate of drug-likeness (QED) is 0.879. The van der Waals surface area contributed by atoms with Crippen molar-refractivity contribution < 1.29 is 4.42 Å². The van der Waals surface area contributed by atoms with Crippen LogP contribution in [0.4, 0.5) is 11.7 Å². The van der Waals surface area contributed by atoms with Gasteiger partial charge in [-0.2, -0.15) is 0 Å². The number of aromatic nitrogens is 1. The lowest BCUT2D eigenvalue weighted by molar-refractivity contribution is 0.518. The molecule has 4 nitrogen and oxygen atoms in total. The van der Waals surface area contributed by atoms with Gasteiger partial charge in [0.05, 0.1) is 6.20 Å². The molecule has 1 aromatic carbocycles. The van der Waals surface area contributed by atoms with E-state index in [-0.39, 0.29) is 0 Å². The molecule has 4 heteroatoms. The Hall–Kier alpha value is -1.97. The van der Waals surface area contributed by atoms with Crippen molar-refractivity contribution in [3.63, 3.8) is 0 Å². The second-order valence-electron chi connectivity index (χ2n) is 4.44. The average Bonchev–Trinajstić information content (AvgIpc) is 2.85. The molecule has 0 unspecified atom stereocenters. The van der Waals surface area contributed by atoms with E-state index in [2.05, 4.69) is 39.5 Å². The molecule has 0 aliphatic heterocycles. The monoisotopic (exact) mass is 245 g/mol. The smallest absolute Gasteiger partial charge is 0.294 e. The van der Waals surface area contributed by atoms with Crippen LogP contribution in [-0.2, 0) is 12.8 Å². The second kappa shape index (κ2) is 5.58. The van der Waals surface area contributed by atoms with Crippen molar-refractivity contribution in [1.82, 2.24) is 4.98 Å². The van der Waals surface area contributed by atoms with Crippen LogP contribution in [0.5, 0.6) is 0 Å². The van der Waals surface area contributed by atoms with Crippen molar-refractivity contribution in [2.75, 3.05) is 31.4 Å². The largest absolute Gasteiger partial charge is 0.429 e. The molecular weight excluding hydrogens is 226 g/mol. The zero-order chi connectivity index (χ0) is 13.0. The molecule has 0 saturated heterocycles. The second-order valence-corrected chi connectivity index (χ2v) is 4.44. The molecule has 1 heterocycles. The normalized spacial score (nSPS) is 10.4. The summed E-state index contributed by atoms with van der Waals surface area (Å²) in [5.41, 5.74) is 2.53. The summed E-state index contributed by atoms with van der Waals surface area (Å²) in [4.78, 5) is 6.20. The van der Waals surface area contributed by atoms with Crippen molar-refractivity contribution in [3.05, 3.63) is 41.8 Å². The van der Waals surface area contributed by atoms with E-state index in [1.807, 2.05) is 14.1 Å². The van der Waals surface area contributed by atoms with Gasteiger partial charge in [0.2, 0.25) is 0 Å². The minimum absolute atomic E-state index is 0.577. The number of nitrogens with one attached hydrogen (secondary N) is 1. The fourth-order valence-corrected chi connectivity index (χ4v) is 1.77. The lowest BCUT2D eigenvalue weighted by Gasteiger charge is -2.12. The molecule has 0 saturated carbocycles. The van der Waals surface area contributed by atoms with E-state index in [1.54, 1.807) is 13.2 Å². The molecule has 0 fully saturated rings. The molecule has 0 bridgehead atoms. The molecule has 0 aliphatic rings. The highest BCUT2D eigenvalue weighted by Crippen LogP contribution is 2.15. The van der Waals surface area contributed by atoms with Crippen LogP contribution in [0, 0.1) is 0 Å². The van der Waals surface area contributed by atoms with E-state index in [0.29, 0.717) is 6.01 Å². The molecule has 96 valence electrons. The third-order valence-corrected chi connectivity index (χ3v) is 2.88. The fourth-order valence-electron chi connectivity index (χ4n) is 1.77. The standard InChI is InChI=1S/C14H19N3O/c1-15-14-16-10-13(18-14)9-6-11-4-7-12(8-5-11)17(2)3/h4-5,7-8,10H,6,9H2,1-3H3,(H,15,16). The summed E-state index contributed by atoms with van der Waals surface area (Å²) in [6.45, 7) is 0. The molecule has 0 spiro atoms. The first-order valence-corrected chi connectivity index (χ1v) is 6.08. The zero-order valence-electron chi connectivity index (χ0n) is 11.1. The highest BCUT2D eigenvalue weighted by Gasteiger charge is 2.03. The first-order valence-electron chi connectivity index (χ1n) is 6.08. The third-order valence-electron chi connectivity index (χ3n) is 2.88. The van der Waals surface area contributed by atoms with Crippen molar-refractivity contribution in [3.8, 4) is 0 Å². The SMILES string of the molecule is CNc1ncc(CCc2ccc(N(C)C)cc2)o1. The lowest BCUT2D eigenvalue weighted by Crippen LogP contribution is -2.08. The maximum absolute atomic E-state index is 5.49. The van der Waals surface area contributed by atoms with Crippen LogP contribution in [0.25, 0.3) is 0 Å². The van der Waals surface area contributed by atoms with Crippen LogP contribution in [-0.4, -0.2) is 26.1 Å². The van der Waals surface area contributed by atoms with E-state index < -0.39 is 0 Å². The highest BCUT2D eigenvalue weighted by atomic mass is 16.4. The molecule has 1 aromatic heterocycles. The summed E-state index contributed by atoms with van der Waals surface area (Å²) in [5, 5.41) is 2.88. The van der Waals surface area contributed by atoms with E-state index in [1.165, 1.54) is 11.3 Å². The van der Waals surface area contributed by atoms with E-state index in [9.17, 15) is 0 Å². The average molecular weight is 245 g/mol. The maximum atomic E-state index is 5.49. The molecule has 2 aromatic rings. The summed E-state index contributed by atoms with van der Waals surface area (Å²) < 4.78 is 5.49. The maximum Gasteiger partial charge on any atom is 0.294 e. The molecular formula is C14H19N3O. The minimum atomic E-state index is 0.577. The molecule has 18 heavy (non-hydrogen) atoms. The third kappa shape index (κ3) is 3.03. The Morgan fingerprint density at radius 3 is 2.44 bits per heavy atom.